The van der Waals surface area contributed by atoms with Gasteiger partial charge >= 0.3 is 17.9 Å². The predicted octanol–water partition coefficient (Wildman–Crippen LogP) is 0.801. The van der Waals surface area contributed by atoms with Gasteiger partial charge in [0.25, 0.3) is 5.43 Å². The molecule has 1 aliphatic heterocycles. The van der Waals surface area contributed by atoms with Crippen LogP contribution < -0.4 is 5.43 Å². The van der Waals surface area contributed by atoms with E-state index < -0.39 is 53.8 Å². The molecule has 0 bridgehead atoms. The van der Waals surface area contributed by atoms with Crippen molar-refractivity contribution in [3.8, 4) is 0 Å². The Bertz CT molecular complexity index is 689. The predicted molar refractivity (Wildman–Crippen MR) is 64.9 cm³/mol. The Balaban J connectivity index is 2.17. The second-order valence-electron chi connectivity index (χ2n) is 4.75. The number of pyridine rings is 1. The fourth-order valence-corrected chi connectivity index (χ4v) is 1.96. The zero-order chi connectivity index (χ0) is 17.4. The molecule has 8 nitrogen and oxygen atoms in total. The van der Waals surface area contributed by atoms with E-state index in [-0.39, 0.29) is 4.90 Å². The number of morpholine rings is 1. The van der Waals surface area contributed by atoms with Crippen LogP contribution in [0.4, 0.5) is 23.2 Å². The first-order valence-corrected chi connectivity index (χ1v) is 6.07. The maximum absolute atomic E-state index is 13.0. The third-order valence-electron chi connectivity index (χ3n) is 2.87. The van der Waals surface area contributed by atoms with Crippen molar-refractivity contribution in [1.29, 1.82) is 0 Å². The average Bonchev–Trinajstić information content (AvgIpc) is 2.37. The minimum Gasteiger partial charge on any atom is -0.339 e. The van der Waals surface area contributed by atoms with Crippen LogP contribution in [-0.2, 0) is 16.1 Å². The van der Waals surface area contributed by atoms with Crippen molar-refractivity contribution in [2.24, 2.45) is 0 Å². The number of nitro groups is 1. The summed E-state index contributed by atoms with van der Waals surface area (Å²) in [6.07, 6.45) is -6.71. The van der Waals surface area contributed by atoms with Gasteiger partial charge in [-0.15, -0.1) is 0 Å². The van der Waals surface area contributed by atoms with E-state index in [0.717, 1.165) is 23.0 Å². The van der Waals surface area contributed by atoms with Crippen molar-refractivity contribution >= 4 is 11.6 Å². The van der Waals surface area contributed by atoms with Crippen LogP contribution in [0.5, 0.6) is 0 Å². The number of amides is 1. The van der Waals surface area contributed by atoms with Gasteiger partial charge < -0.3 is 9.47 Å². The molecule has 1 aromatic rings. The molecule has 0 aromatic carbocycles. The number of carbonyl (C=O) groups excluding carboxylic acids is 1. The van der Waals surface area contributed by atoms with Crippen molar-refractivity contribution in [2.45, 2.75) is 18.8 Å². The third kappa shape index (κ3) is 4.03. The van der Waals surface area contributed by atoms with Crippen LogP contribution in [0.1, 0.15) is 0 Å². The molecule has 126 valence electrons. The Labute approximate surface area is 125 Å². The SMILES string of the molecule is O=C(Cn1ccc(=O)c([N+](=O)[O-])c1)N1CC(F)(F)OC(F)(F)C1. The quantitative estimate of drug-likeness (QED) is 0.461. The molecule has 1 amide bonds. The molecule has 0 unspecified atom stereocenters. The summed E-state index contributed by atoms with van der Waals surface area (Å²) in [4.78, 5) is 32.9. The summed E-state index contributed by atoms with van der Waals surface area (Å²) in [5.74, 6) is -1.13. The molecule has 2 heterocycles. The lowest BCUT2D eigenvalue weighted by Gasteiger charge is -2.36. The number of rotatable bonds is 3. The Hall–Kier alpha value is -2.50. The first-order chi connectivity index (χ1) is 10.5. The highest BCUT2D eigenvalue weighted by Crippen LogP contribution is 2.33. The first-order valence-electron chi connectivity index (χ1n) is 6.07. The van der Waals surface area contributed by atoms with Crippen molar-refractivity contribution < 1.29 is 32.0 Å². The van der Waals surface area contributed by atoms with E-state index in [1.54, 1.807) is 0 Å². The molecule has 2 rings (SSSR count). The van der Waals surface area contributed by atoms with Crippen LogP contribution >= 0.6 is 0 Å². The van der Waals surface area contributed by atoms with E-state index in [2.05, 4.69) is 4.74 Å². The van der Waals surface area contributed by atoms with E-state index in [9.17, 15) is 37.3 Å². The summed E-state index contributed by atoms with van der Waals surface area (Å²) in [6.45, 7) is -3.47. The molecule has 1 fully saturated rings. The van der Waals surface area contributed by atoms with Gasteiger partial charge in [0.2, 0.25) is 5.91 Å². The van der Waals surface area contributed by atoms with Crippen molar-refractivity contribution in [3.63, 3.8) is 0 Å². The molecule has 0 saturated carbocycles. The van der Waals surface area contributed by atoms with E-state index in [1.165, 1.54) is 0 Å². The zero-order valence-corrected chi connectivity index (χ0v) is 11.2. The lowest BCUT2D eigenvalue weighted by Crippen LogP contribution is -2.57. The number of hydrogen-bond acceptors (Lipinski definition) is 5. The number of hydrogen-bond donors (Lipinski definition) is 0. The molecular formula is C11H9F4N3O5. The molecule has 1 aliphatic rings. The van der Waals surface area contributed by atoms with Gasteiger partial charge in [-0.2, -0.15) is 17.6 Å². The molecular weight excluding hydrogens is 330 g/mol. The highest BCUT2D eigenvalue weighted by molar-refractivity contribution is 5.76. The number of nitrogens with zero attached hydrogens (tertiary/aromatic N) is 3. The van der Waals surface area contributed by atoms with Crippen LogP contribution in [0.2, 0.25) is 0 Å². The van der Waals surface area contributed by atoms with Crippen LogP contribution in [0.3, 0.4) is 0 Å². The second kappa shape index (κ2) is 5.61. The average molecular weight is 339 g/mol. The molecule has 23 heavy (non-hydrogen) atoms. The molecule has 12 heteroatoms. The van der Waals surface area contributed by atoms with Crippen LogP contribution in [0, 0.1) is 10.1 Å². The van der Waals surface area contributed by atoms with Gasteiger partial charge in [0.1, 0.15) is 19.6 Å². The summed E-state index contributed by atoms with van der Waals surface area (Å²) in [5.41, 5.74) is -1.75. The minimum absolute atomic E-state index is 0.188. The summed E-state index contributed by atoms with van der Waals surface area (Å²) < 4.78 is 56.3. The van der Waals surface area contributed by atoms with Crippen molar-refractivity contribution in [1.82, 2.24) is 9.47 Å². The Morgan fingerprint density at radius 3 is 2.39 bits per heavy atom. The fraction of sp³-hybridized carbons (Fsp3) is 0.455. The smallest absolute Gasteiger partial charge is 0.339 e. The van der Waals surface area contributed by atoms with Gasteiger partial charge in [-0.25, -0.2) is 0 Å². The molecule has 0 aliphatic carbocycles. The second-order valence-corrected chi connectivity index (χ2v) is 4.75. The largest absolute Gasteiger partial charge is 0.377 e. The van der Waals surface area contributed by atoms with E-state index in [1.807, 2.05) is 0 Å². The zero-order valence-electron chi connectivity index (χ0n) is 11.2. The number of alkyl halides is 4. The molecule has 1 saturated heterocycles. The summed E-state index contributed by atoms with van der Waals surface area (Å²) in [5, 5.41) is 10.6. The van der Waals surface area contributed by atoms with Crippen molar-refractivity contribution in [3.05, 3.63) is 38.8 Å². The van der Waals surface area contributed by atoms with Gasteiger partial charge in [0.15, 0.2) is 0 Å². The maximum Gasteiger partial charge on any atom is 0.377 e. The molecule has 0 radical (unpaired) electrons. The maximum atomic E-state index is 13.0. The van der Waals surface area contributed by atoms with Crippen LogP contribution in [-0.4, -0.2) is 45.6 Å². The molecule has 0 atom stereocenters. The lowest BCUT2D eigenvalue weighted by molar-refractivity contribution is -0.401. The number of ether oxygens (including phenoxy) is 1. The van der Waals surface area contributed by atoms with Crippen LogP contribution in [0.15, 0.2) is 23.3 Å². The minimum atomic E-state index is -4.22. The summed E-state index contributed by atoms with van der Waals surface area (Å²) >= 11 is 0. The Morgan fingerprint density at radius 2 is 1.87 bits per heavy atom. The summed E-state index contributed by atoms with van der Waals surface area (Å²) in [6, 6.07) is 0.800. The standard InChI is InChI=1S/C11H9F4N3O5/c12-10(13)5-17(6-11(14,15)23-10)9(20)4-16-2-1-8(19)7(3-16)18(21)22/h1-3H,4-6H2. The highest BCUT2D eigenvalue weighted by Gasteiger charge is 2.52. The molecule has 0 spiro atoms. The lowest BCUT2D eigenvalue weighted by atomic mass is 10.3. The van der Waals surface area contributed by atoms with Gasteiger partial charge in [0.05, 0.1) is 11.1 Å². The summed E-state index contributed by atoms with van der Waals surface area (Å²) in [7, 11) is 0. The van der Waals surface area contributed by atoms with Gasteiger partial charge in [0, 0.05) is 12.3 Å². The third-order valence-corrected chi connectivity index (χ3v) is 2.87. The van der Waals surface area contributed by atoms with E-state index in [0.29, 0.717) is 0 Å². The van der Waals surface area contributed by atoms with Crippen molar-refractivity contribution in [2.75, 3.05) is 13.1 Å². The molecule has 1 aromatic heterocycles. The Morgan fingerprint density at radius 1 is 1.30 bits per heavy atom. The Kier molecular flexibility index (Phi) is 4.11. The van der Waals surface area contributed by atoms with Gasteiger partial charge in [-0.05, 0) is 0 Å². The van der Waals surface area contributed by atoms with E-state index >= 15 is 0 Å². The number of halogens is 4. The first kappa shape index (κ1) is 16.9. The van der Waals surface area contributed by atoms with Gasteiger partial charge in [-0.3, -0.25) is 24.4 Å². The topological polar surface area (TPSA) is 94.7 Å². The molecule has 0 N–H and O–H groups in total. The fourth-order valence-electron chi connectivity index (χ4n) is 1.96. The van der Waals surface area contributed by atoms with Crippen LogP contribution in [0.25, 0.3) is 0 Å². The van der Waals surface area contributed by atoms with E-state index in [4.69, 9.17) is 0 Å². The number of carbonyl (C=O) groups is 1. The normalized spacial score (nSPS) is 19.4. The van der Waals surface area contributed by atoms with Gasteiger partial charge in [-0.1, -0.05) is 0 Å². The monoisotopic (exact) mass is 339 g/mol. The number of aromatic nitrogens is 1. The highest BCUT2D eigenvalue weighted by atomic mass is 19.3.